The topological polar surface area (TPSA) is 58.2 Å². The highest BCUT2D eigenvalue weighted by atomic mass is 79.9. The Morgan fingerprint density at radius 1 is 0.600 bits per heavy atom. The van der Waals surface area contributed by atoms with Gasteiger partial charge in [-0.15, -0.1) is 0 Å². The zero-order valence-electron chi connectivity index (χ0n) is 13.2. The van der Waals surface area contributed by atoms with Crippen molar-refractivity contribution in [3.05, 3.63) is 94.5 Å². The molecule has 0 saturated carbocycles. The molecule has 0 spiro atoms. The number of carbonyl (C=O) groups is 2. The van der Waals surface area contributed by atoms with Crippen LogP contribution in [0.25, 0.3) is 0 Å². The monoisotopic (exact) mass is 394 g/mol. The maximum absolute atomic E-state index is 12.2. The van der Waals surface area contributed by atoms with Crippen molar-refractivity contribution in [3.8, 4) is 0 Å². The smallest absolute Gasteiger partial charge is 0.255 e. The van der Waals surface area contributed by atoms with Crippen molar-refractivity contribution in [2.75, 3.05) is 10.6 Å². The molecule has 0 bridgehead atoms. The molecule has 2 N–H and O–H groups in total. The number of halogens is 1. The molecule has 0 unspecified atom stereocenters. The van der Waals surface area contributed by atoms with Crippen LogP contribution < -0.4 is 10.6 Å². The third-order valence-corrected chi connectivity index (χ3v) is 4.07. The van der Waals surface area contributed by atoms with Gasteiger partial charge in [-0.2, -0.15) is 0 Å². The first kappa shape index (κ1) is 16.9. The molecule has 0 heterocycles. The third-order valence-electron chi connectivity index (χ3n) is 3.54. The van der Waals surface area contributed by atoms with Crippen molar-refractivity contribution in [1.29, 1.82) is 0 Å². The van der Waals surface area contributed by atoms with E-state index in [1.165, 1.54) is 0 Å². The molecule has 0 aliphatic heterocycles. The Bertz CT molecular complexity index is 876. The van der Waals surface area contributed by atoms with Gasteiger partial charge in [-0.25, -0.2) is 0 Å². The van der Waals surface area contributed by atoms with E-state index < -0.39 is 0 Å². The molecular formula is C20H15BrN2O2. The van der Waals surface area contributed by atoms with E-state index in [9.17, 15) is 9.59 Å². The zero-order valence-corrected chi connectivity index (χ0v) is 14.8. The number of nitrogens with one attached hydrogen (secondary N) is 2. The summed E-state index contributed by atoms with van der Waals surface area (Å²) in [4.78, 5) is 24.3. The van der Waals surface area contributed by atoms with Gasteiger partial charge in [-0.3, -0.25) is 9.59 Å². The molecular weight excluding hydrogens is 380 g/mol. The number of amides is 2. The Hall–Kier alpha value is -2.92. The highest BCUT2D eigenvalue weighted by molar-refractivity contribution is 9.10. The van der Waals surface area contributed by atoms with E-state index in [0.717, 1.165) is 4.47 Å². The van der Waals surface area contributed by atoms with Crippen molar-refractivity contribution in [1.82, 2.24) is 0 Å². The normalized spacial score (nSPS) is 10.1. The molecule has 4 nitrogen and oxygen atoms in total. The van der Waals surface area contributed by atoms with Crippen molar-refractivity contribution in [2.45, 2.75) is 0 Å². The van der Waals surface area contributed by atoms with E-state index in [0.29, 0.717) is 22.5 Å². The van der Waals surface area contributed by atoms with Gasteiger partial charge in [0.25, 0.3) is 11.8 Å². The molecule has 0 fully saturated rings. The van der Waals surface area contributed by atoms with Crippen molar-refractivity contribution >= 4 is 39.1 Å². The number of rotatable bonds is 4. The molecule has 5 heteroatoms. The van der Waals surface area contributed by atoms with Crippen molar-refractivity contribution < 1.29 is 9.59 Å². The van der Waals surface area contributed by atoms with E-state index in [4.69, 9.17) is 0 Å². The summed E-state index contributed by atoms with van der Waals surface area (Å²) >= 11 is 3.34. The van der Waals surface area contributed by atoms with Gasteiger partial charge in [-0.05, 0) is 60.7 Å². The van der Waals surface area contributed by atoms with Crippen LogP contribution in [0.2, 0.25) is 0 Å². The minimum Gasteiger partial charge on any atom is -0.322 e. The second-order valence-corrected chi connectivity index (χ2v) is 6.27. The number of hydrogen-bond donors (Lipinski definition) is 2. The number of anilines is 2. The van der Waals surface area contributed by atoms with Crippen LogP contribution in [0.15, 0.2) is 83.3 Å². The SMILES string of the molecule is O=C(Nc1ccc(NC(=O)c2ccc(Br)cc2)cc1)c1ccccc1. The number of benzene rings is 3. The van der Waals surface area contributed by atoms with Crippen LogP contribution >= 0.6 is 15.9 Å². The fourth-order valence-electron chi connectivity index (χ4n) is 2.23. The molecule has 3 rings (SSSR count). The Labute approximate surface area is 154 Å². The molecule has 0 radical (unpaired) electrons. The summed E-state index contributed by atoms with van der Waals surface area (Å²) in [5.41, 5.74) is 2.49. The first-order chi connectivity index (χ1) is 12.1. The Morgan fingerprint density at radius 3 is 1.52 bits per heavy atom. The van der Waals surface area contributed by atoms with Crippen LogP contribution in [0.5, 0.6) is 0 Å². The minimum absolute atomic E-state index is 0.174. The average Bonchev–Trinajstić information content (AvgIpc) is 2.64. The van der Waals surface area contributed by atoms with Gasteiger partial charge in [0.2, 0.25) is 0 Å². The molecule has 0 aliphatic rings. The Morgan fingerprint density at radius 2 is 1.04 bits per heavy atom. The van der Waals surface area contributed by atoms with Crippen LogP contribution in [0.3, 0.4) is 0 Å². The van der Waals surface area contributed by atoms with Gasteiger partial charge in [-0.1, -0.05) is 34.1 Å². The largest absolute Gasteiger partial charge is 0.322 e. The highest BCUT2D eigenvalue weighted by Crippen LogP contribution is 2.16. The fourth-order valence-corrected chi connectivity index (χ4v) is 2.50. The van der Waals surface area contributed by atoms with Crippen LogP contribution in [-0.4, -0.2) is 11.8 Å². The van der Waals surface area contributed by atoms with Gasteiger partial charge in [0, 0.05) is 27.0 Å². The molecule has 3 aromatic rings. The van der Waals surface area contributed by atoms with Crippen LogP contribution in [0, 0.1) is 0 Å². The predicted octanol–water partition coefficient (Wildman–Crippen LogP) is 4.95. The number of hydrogen-bond acceptors (Lipinski definition) is 2. The van der Waals surface area contributed by atoms with Gasteiger partial charge in [0.15, 0.2) is 0 Å². The molecule has 2 amide bonds. The van der Waals surface area contributed by atoms with Crippen LogP contribution in [0.1, 0.15) is 20.7 Å². The zero-order chi connectivity index (χ0) is 17.6. The van der Waals surface area contributed by atoms with Crippen LogP contribution in [0.4, 0.5) is 11.4 Å². The minimum atomic E-state index is -0.187. The summed E-state index contributed by atoms with van der Waals surface area (Å²) in [6.45, 7) is 0. The Balaban J connectivity index is 1.63. The summed E-state index contributed by atoms with van der Waals surface area (Å²) in [6.07, 6.45) is 0. The molecule has 0 aliphatic carbocycles. The van der Waals surface area contributed by atoms with Gasteiger partial charge in [0.1, 0.15) is 0 Å². The first-order valence-corrected chi connectivity index (χ1v) is 8.44. The fraction of sp³-hybridized carbons (Fsp3) is 0. The van der Waals surface area contributed by atoms with Crippen molar-refractivity contribution in [3.63, 3.8) is 0 Å². The van der Waals surface area contributed by atoms with Gasteiger partial charge < -0.3 is 10.6 Å². The highest BCUT2D eigenvalue weighted by Gasteiger charge is 2.07. The molecule has 25 heavy (non-hydrogen) atoms. The predicted molar refractivity (Wildman–Crippen MR) is 103 cm³/mol. The first-order valence-electron chi connectivity index (χ1n) is 7.65. The number of carbonyl (C=O) groups excluding carboxylic acids is 2. The molecule has 0 aromatic heterocycles. The van der Waals surface area contributed by atoms with Gasteiger partial charge >= 0.3 is 0 Å². The molecule has 0 atom stereocenters. The average molecular weight is 395 g/mol. The summed E-state index contributed by atoms with van der Waals surface area (Å²) < 4.78 is 0.919. The third kappa shape index (κ3) is 4.55. The second kappa shape index (κ2) is 7.77. The van der Waals surface area contributed by atoms with E-state index >= 15 is 0 Å². The maximum Gasteiger partial charge on any atom is 0.255 e. The lowest BCUT2D eigenvalue weighted by Gasteiger charge is -2.08. The summed E-state index contributed by atoms with van der Waals surface area (Å²) in [7, 11) is 0. The van der Waals surface area contributed by atoms with E-state index in [-0.39, 0.29) is 11.8 Å². The second-order valence-electron chi connectivity index (χ2n) is 5.36. The quantitative estimate of drug-likeness (QED) is 0.657. The molecule has 0 saturated heterocycles. The lowest BCUT2D eigenvalue weighted by molar-refractivity contribution is 0.101. The Kier molecular flexibility index (Phi) is 5.26. The van der Waals surface area contributed by atoms with Crippen LogP contribution in [-0.2, 0) is 0 Å². The molecule has 3 aromatic carbocycles. The van der Waals surface area contributed by atoms with Gasteiger partial charge in [0.05, 0.1) is 0 Å². The summed E-state index contributed by atoms with van der Waals surface area (Å²) in [5, 5.41) is 5.64. The summed E-state index contributed by atoms with van der Waals surface area (Å²) in [5.74, 6) is -0.360. The molecule has 124 valence electrons. The van der Waals surface area contributed by atoms with E-state index in [1.54, 1.807) is 48.5 Å². The lowest BCUT2D eigenvalue weighted by Crippen LogP contribution is -2.13. The van der Waals surface area contributed by atoms with E-state index in [2.05, 4.69) is 26.6 Å². The van der Waals surface area contributed by atoms with Crippen molar-refractivity contribution in [2.24, 2.45) is 0 Å². The summed E-state index contributed by atoms with van der Waals surface area (Å²) in [6, 6.07) is 23.1. The maximum atomic E-state index is 12.2. The lowest BCUT2D eigenvalue weighted by atomic mass is 10.2. The van der Waals surface area contributed by atoms with E-state index in [1.807, 2.05) is 30.3 Å². The standard InChI is InChI=1S/C20H15BrN2O2/c21-16-8-6-15(7-9-16)20(25)23-18-12-10-17(11-13-18)22-19(24)14-4-2-1-3-5-14/h1-13H,(H,22,24)(H,23,25).